The lowest BCUT2D eigenvalue weighted by Crippen LogP contribution is -2.37. The van der Waals surface area contributed by atoms with Crippen molar-refractivity contribution in [2.24, 2.45) is 0 Å². The first kappa shape index (κ1) is 27.7. The molecule has 1 saturated heterocycles. The highest BCUT2D eigenvalue weighted by atomic mass is 16.5. The molecule has 210 valence electrons. The summed E-state index contributed by atoms with van der Waals surface area (Å²) in [6, 6.07) is 14.8. The Labute approximate surface area is 238 Å². The van der Waals surface area contributed by atoms with Gasteiger partial charge in [-0.1, -0.05) is 29.3 Å². The predicted molar refractivity (Wildman–Crippen MR) is 155 cm³/mol. The molecular weight excluding hydrogens is 520 g/mol. The van der Waals surface area contributed by atoms with Gasteiger partial charge in [-0.25, -0.2) is 24.4 Å². The van der Waals surface area contributed by atoms with E-state index >= 15 is 0 Å². The molecule has 5 rings (SSSR count). The van der Waals surface area contributed by atoms with Crippen LogP contribution < -0.4 is 10.2 Å². The van der Waals surface area contributed by atoms with Gasteiger partial charge in [-0.15, -0.1) is 11.5 Å². The first-order valence-corrected chi connectivity index (χ1v) is 13.4. The van der Waals surface area contributed by atoms with Crippen LogP contribution in [-0.4, -0.2) is 72.9 Å². The minimum atomic E-state index is -0.959. The van der Waals surface area contributed by atoms with Gasteiger partial charge in [0, 0.05) is 24.2 Å². The van der Waals surface area contributed by atoms with E-state index in [4.69, 9.17) is 16.1 Å². The standard InChI is InChI=1S/C30H32N8O3/c1-5-20-9-6-10-21(15-20)23-16-24(34-29(33-23)31-19-30(2,3)40)25-18-37(36-35-25)17-22-11-7-13-27(32-22)38-14-8-12-26(38)28(39)41-4/h1,6-7,9-11,13,15-16,18,26,40H,8,12,14,17,19H2,2-4H3,(H,31,33,34)/t26-/m0/s1. The number of nitrogens with one attached hydrogen (secondary N) is 1. The van der Waals surface area contributed by atoms with Crippen molar-refractivity contribution in [3.63, 3.8) is 0 Å². The van der Waals surface area contributed by atoms with Gasteiger partial charge >= 0.3 is 5.97 Å². The molecule has 1 aliphatic rings. The molecule has 4 aromatic rings. The first-order valence-electron chi connectivity index (χ1n) is 13.4. The van der Waals surface area contributed by atoms with Gasteiger partial charge in [-0.2, -0.15) is 0 Å². The van der Waals surface area contributed by atoms with Crippen LogP contribution in [-0.2, 0) is 16.1 Å². The van der Waals surface area contributed by atoms with Crippen LogP contribution in [0.2, 0.25) is 0 Å². The summed E-state index contributed by atoms with van der Waals surface area (Å²) < 4.78 is 6.67. The van der Waals surface area contributed by atoms with Gasteiger partial charge in [0.15, 0.2) is 0 Å². The Kier molecular flexibility index (Phi) is 7.94. The number of carbonyl (C=O) groups is 1. The minimum absolute atomic E-state index is 0.248. The van der Waals surface area contributed by atoms with Crippen molar-refractivity contribution in [3.05, 3.63) is 66.0 Å². The fourth-order valence-corrected chi connectivity index (χ4v) is 4.67. The average molecular weight is 553 g/mol. The van der Waals surface area contributed by atoms with E-state index in [0.717, 1.165) is 42.0 Å². The zero-order valence-electron chi connectivity index (χ0n) is 23.3. The summed E-state index contributed by atoms with van der Waals surface area (Å²) in [5.74, 6) is 3.48. The Hall–Kier alpha value is -4.82. The van der Waals surface area contributed by atoms with Gasteiger partial charge in [0.2, 0.25) is 5.95 Å². The third-order valence-electron chi connectivity index (χ3n) is 6.67. The van der Waals surface area contributed by atoms with Crippen LogP contribution in [0.25, 0.3) is 22.6 Å². The van der Waals surface area contributed by atoms with Crippen molar-refractivity contribution >= 4 is 17.7 Å². The largest absolute Gasteiger partial charge is 0.467 e. The van der Waals surface area contributed by atoms with Crippen LogP contribution in [0.1, 0.15) is 37.9 Å². The highest BCUT2D eigenvalue weighted by Crippen LogP contribution is 2.27. The van der Waals surface area contributed by atoms with Crippen LogP contribution >= 0.6 is 0 Å². The van der Waals surface area contributed by atoms with Crippen LogP contribution in [0.4, 0.5) is 11.8 Å². The summed E-state index contributed by atoms with van der Waals surface area (Å²) in [7, 11) is 1.41. The van der Waals surface area contributed by atoms with E-state index in [2.05, 4.69) is 31.5 Å². The summed E-state index contributed by atoms with van der Waals surface area (Å²) in [5.41, 5.74) is 3.15. The molecule has 1 aromatic carbocycles. The third kappa shape index (κ3) is 6.67. The molecule has 0 bridgehead atoms. The van der Waals surface area contributed by atoms with E-state index in [0.29, 0.717) is 29.6 Å². The number of aliphatic hydroxyl groups is 1. The summed E-state index contributed by atoms with van der Waals surface area (Å²) in [4.78, 5) is 28.3. The molecule has 11 nitrogen and oxygen atoms in total. The van der Waals surface area contributed by atoms with Gasteiger partial charge in [-0.3, -0.25) is 0 Å². The van der Waals surface area contributed by atoms with Gasteiger partial charge in [0.05, 0.1) is 42.5 Å². The maximum Gasteiger partial charge on any atom is 0.328 e. The van der Waals surface area contributed by atoms with Crippen LogP contribution in [0.3, 0.4) is 0 Å². The molecule has 0 unspecified atom stereocenters. The summed E-state index contributed by atoms with van der Waals surface area (Å²) >= 11 is 0. The maximum atomic E-state index is 12.2. The van der Waals surface area contributed by atoms with Gasteiger partial charge in [0.1, 0.15) is 17.6 Å². The Morgan fingerprint density at radius 3 is 2.73 bits per heavy atom. The molecule has 2 N–H and O–H groups in total. The third-order valence-corrected chi connectivity index (χ3v) is 6.67. The minimum Gasteiger partial charge on any atom is -0.467 e. The first-order chi connectivity index (χ1) is 19.7. The van der Waals surface area contributed by atoms with E-state index < -0.39 is 5.60 Å². The number of methoxy groups -OCH3 is 1. The van der Waals surface area contributed by atoms with E-state index in [-0.39, 0.29) is 18.6 Å². The lowest BCUT2D eigenvalue weighted by atomic mass is 10.1. The molecule has 1 atom stereocenters. The number of ether oxygens (including phenoxy) is 1. The van der Waals surface area contributed by atoms with Crippen molar-refractivity contribution in [2.45, 2.75) is 44.9 Å². The quantitative estimate of drug-likeness (QED) is 0.236. The van der Waals surface area contributed by atoms with Gasteiger partial charge < -0.3 is 20.1 Å². The molecule has 0 spiro atoms. The zero-order chi connectivity index (χ0) is 29.0. The number of carbonyl (C=O) groups excluding carboxylic acids is 1. The fraction of sp³-hybridized carbons (Fsp3) is 0.333. The van der Waals surface area contributed by atoms with Crippen LogP contribution in [0.15, 0.2) is 54.7 Å². The second-order valence-electron chi connectivity index (χ2n) is 10.5. The highest BCUT2D eigenvalue weighted by Gasteiger charge is 2.32. The van der Waals surface area contributed by atoms with Crippen LogP contribution in [0, 0.1) is 12.3 Å². The van der Waals surface area contributed by atoms with Gasteiger partial charge in [0.25, 0.3) is 0 Å². The Balaban J connectivity index is 1.41. The lowest BCUT2D eigenvalue weighted by Gasteiger charge is -2.24. The second-order valence-corrected chi connectivity index (χ2v) is 10.5. The highest BCUT2D eigenvalue weighted by molar-refractivity contribution is 5.80. The molecule has 0 saturated carbocycles. The normalized spacial score (nSPS) is 15.0. The Morgan fingerprint density at radius 1 is 1.15 bits per heavy atom. The summed E-state index contributed by atoms with van der Waals surface area (Å²) in [5, 5.41) is 22.0. The molecule has 3 aromatic heterocycles. The van der Waals surface area contributed by atoms with Crippen LogP contribution in [0.5, 0.6) is 0 Å². The average Bonchev–Trinajstić information content (AvgIpc) is 3.66. The number of hydrogen-bond donors (Lipinski definition) is 2. The zero-order valence-corrected chi connectivity index (χ0v) is 23.3. The van der Waals surface area contributed by atoms with Crippen molar-refractivity contribution < 1.29 is 14.6 Å². The number of terminal acetylenes is 1. The number of benzene rings is 1. The van der Waals surface area contributed by atoms with Crippen molar-refractivity contribution in [2.75, 3.05) is 30.4 Å². The van der Waals surface area contributed by atoms with Gasteiger partial charge in [-0.05, 0) is 57.0 Å². The number of esters is 1. The number of anilines is 2. The van der Waals surface area contributed by atoms with E-state index in [1.54, 1.807) is 24.7 Å². The molecule has 0 aliphatic carbocycles. The number of pyridine rings is 1. The molecular formula is C30H32N8O3. The number of rotatable bonds is 9. The van der Waals surface area contributed by atoms with Crippen molar-refractivity contribution in [1.82, 2.24) is 29.9 Å². The van der Waals surface area contributed by atoms with Crippen molar-refractivity contribution in [3.8, 4) is 35.0 Å². The monoisotopic (exact) mass is 552 g/mol. The molecule has 11 heteroatoms. The second kappa shape index (κ2) is 11.7. The Morgan fingerprint density at radius 2 is 1.95 bits per heavy atom. The van der Waals surface area contributed by atoms with Crippen molar-refractivity contribution in [1.29, 1.82) is 0 Å². The number of nitrogens with zero attached hydrogens (tertiary/aromatic N) is 7. The molecule has 4 heterocycles. The predicted octanol–water partition coefficient (Wildman–Crippen LogP) is 3.15. The smallest absolute Gasteiger partial charge is 0.328 e. The number of aromatic nitrogens is 6. The molecule has 0 radical (unpaired) electrons. The fourth-order valence-electron chi connectivity index (χ4n) is 4.67. The maximum absolute atomic E-state index is 12.2. The summed E-state index contributed by atoms with van der Waals surface area (Å²) in [6.45, 7) is 4.78. The number of hydrogen-bond acceptors (Lipinski definition) is 10. The lowest BCUT2D eigenvalue weighted by molar-refractivity contribution is -0.141. The SMILES string of the molecule is C#Cc1cccc(-c2cc(-c3cn(Cc4cccc(N5CCC[C@H]5C(=O)OC)n4)nn3)nc(NCC(C)(C)O)n2)c1. The molecule has 1 fully saturated rings. The van der Waals surface area contributed by atoms with E-state index in [1.807, 2.05) is 53.4 Å². The van der Waals surface area contributed by atoms with E-state index in [1.165, 1.54) is 7.11 Å². The summed E-state index contributed by atoms with van der Waals surface area (Å²) in [6.07, 6.45) is 9.05. The molecule has 0 amide bonds. The molecule has 1 aliphatic heterocycles. The Bertz CT molecular complexity index is 1590. The van der Waals surface area contributed by atoms with E-state index in [9.17, 15) is 9.90 Å². The topological polar surface area (TPSA) is 131 Å². The molecule has 41 heavy (non-hydrogen) atoms.